The number of thioether (sulfide) groups is 1. The number of aromatic nitrogens is 6. The molecule has 0 unspecified atom stereocenters. The van der Waals surface area contributed by atoms with Crippen molar-refractivity contribution in [2.75, 3.05) is 12.4 Å². The van der Waals surface area contributed by atoms with E-state index in [2.05, 4.69) is 30.8 Å². The highest BCUT2D eigenvalue weighted by Gasteiger charge is 2.21. The molecule has 0 saturated heterocycles. The van der Waals surface area contributed by atoms with Gasteiger partial charge in [-0.1, -0.05) is 24.6 Å². The Hall–Kier alpha value is -1.70. The number of hydrogen-bond donors (Lipinski definition) is 1. The Morgan fingerprint density at radius 2 is 2.15 bits per heavy atom. The van der Waals surface area contributed by atoms with Gasteiger partial charge in [-0.15, -0.1) is 5.10 Å². The maximum absolute atomic E-state index is 4.35. The van der Waals surface area contributed by atoms with Crippen LogP contribution in [0.5, 0.6) is 0 Å². The number of nitrogens with one attached hydrogen (secondary N) is 1. The Morgan fingerprint density at radius 1 is 1.30 bits per heavy atom. The van der Waals surface area contributed by atoms with Gasteiger partial charge in [0.05, 0.1) is 24.1 Å². The third-order valence-electron chi connectivity index (χ3n) is 3.44. The highest BCUT2D eigenvalue weighted by Crippen LogP contribution is 2.31. The summed E-state index contributed by atoms with van der Waals surface area (Å²) in [7, 11) is 1.83. The first-order valence-electron chi connectivity index (χ1n) is 6.76. The summed E-state index contributed by atoms with van der Waals surface area (Å²) in [6.07, 6.45) is 8.40. The molecule has 0 spiro atoms. The molecule has 7 nitrogen and oxygen atoms in total. The molecular weight excluding hydrogens is 274 g/mol. The first-order valence-corrected chi connectivity index (χ1v) is 7.74. The van der Waals surface area contributed by atoms with Gasteiger partial charge < -0.3 is 5.32 Å². The molecule has 0 bridgehead atoms. The maximum atomic E-state index is 4.35. The summed E-state index contributed by atoms with van der Waals surface area (Å²) in [4.78, 5) is 8.60. The van der Waals surface area contributed by atoms with Crippen LogP contribution in [0.15, 0.2) is 17.6 Å². The standard InChI is InChI=1S/C12H17N7S/c1-13-11-7-14-9(6-15-11)8-20-12-16-17-18-19(12)10-4-2-3-5-10/h6-7,10H,2-5,8H2,1H3,(H,13,15). The minimum atomic E-state index is 0.463. The average molecular weight is 291 g/mol. The number of hydrogen-bond acceptors (Lipinski definition) is 7. The van der Waals surface area contributed by atoms with Crippen molar-refractivity contribution in [3.63, 3.8) is 0 Å². The monoisotopic (exact) mass is 291 g/mol. The second-order valence-electron chi connectivity index (χ2n) is 4.78. The van der Waals surface area contributed by atoms with Crippen molar-refractivity contribution in [1.29, 1.82) is 0 Å². The van der Waals surface area contributed by atoms with E-state index in [1.807, 2.05) is 11.7 Å². The lowest BCUT2D eigenvalue weighted by Crippen LogP contribution is -2.08. The largest absolute Gasteiger partial charge is 0.372 e. The molecule has 1 aliphatic carbocycles. The summed E-state index contributed by atoms with van der Waals surface area (Å²) in [6.45, 7) is 0. The second-order valence-corrected chi connectivity index (χ2v) is 5.72. The summed E-state index contributed by atoms with van der Waals surface area (Å²) < 4.78 is 1.97. The maximum Gasteiger partial charge on any atom is 0.209 e. The van der Waals surface area contributed by atoms with Crippen molar-refractivity contribution in [1.82, 2.24) is 30.2 Å². The molecule has 0 radical (unpaired) electrons. The number of anilines is 1. The normalized spacial score (nSPS) is 15.7. The molecule has 3 rings (SSSR count). The van der Waals surface area contributed by atoms with Crippen molar-refractivity contribution < 1.29 is 0 Å². The van der Waals surface area contributed by atoms with Crippen molar-refractivity contribution in [3.05, 3.63) is 18.1 Å². The predicted molar refractivity (Wildman–Crippen MR) is 76.5 cm³/mol. The predicted octanol–water partition coefficient (Wildman–Crippen LogP) is 1.91. The summed E-state index contributed by atoms with van der Waals surface area (Å²) in [5, 5.41) is 15.9. The second kappa shape index (κ2) is 6.17. The molecule has 20 heavy (non-hydrogen) atoms. The Balaban J connectivity index is 1.64. The van der Waals surface area contributed by atoms with Crippen molar-refractivity contribution in [2.24, 2.45) is 0 Å². The van der Waals surface area contributed by atoms with Crippen LogP contribution in [0, 0.1) is 0 Å². The quantitative estimate of drug-likeness (QED) is 0.843. The summed E-state index contributed by atoms with van der Waals surface area (Å²) in [5.74, 6) is 1.50. The third kappa shape index (κ3) is 2.90. The third-order valence-corrected chi connectivity index (χ3v) is 4.41. The molecular formula is C12H17N7S. The molecule has 0 atom stereocenters. The van der Waals surface area contributed by atoms with Crippen LogP contribution in [-0.4, -0.2) is 37.2 Å². The molecule has 1 fully saturated rings. The van der Waals surface area contributed by atoms with Gasteiger partial charge in [0.25, 0.3) is 0 Å². The van der Waals surface area contributed by atoms with Crippen LogP contribution in [-0.2, 0) is 5.75 Å². The Bertz CT molecular complexity index is 547. The fraction of sp³-hybridized carbons (Fsp3) is 0.583. The number of rotatable bonds is 5. The fourth-order valence-electron chi connectivity index (χ4n) is 2.36. The highest BCUT2D eigenvalue weighted by molar-refractivity contribution is 7.98. The van der Waals surface area contributed by atoms with Crippen LogP contribution >= 0.6 is 11.8 Å². The van der Waals surface area contributed by atoms with Gasteiger partial charge in [0.1, 0.15) is 5.82 Å². The van der Waals surface area contributed by atoms with Gasteiger partial charge in [0, 0.05) is 12.8 Å². The lowest BCUT2D eigenvalue weighted by molar-refractivity contribution is 0.423. The molecule has 2 aromatic rings. The summed E-state index contributed by atoms with van der Waals surface area (Å²) in [5.41, 5.74) is 0.926. The van der Waals surface area contributed by atoms with Crippen LogP contribution in [0.25, 0.3) is 0 Å². The van der Waals surface area contributed by atoms with Crippen LogP contribution in [0.1, 0.15) is 37.4 Å². The van der Waals surface area contributed by atoms with Gasteiger partial charge in [-0.05, 0) is 23.3 Å². The summed E-state index contributed by atoms with van der Waals surface area (Å²) in [6, 6.07) is 0.463. The molecule has 8 heteroatoms. The zero-order chi connectivity index (χ0) is 13.8. The zero-order valence-electron chi connectivity index (χ0n) is 11.4. The van der Waals surface area contributed by atoms with Crippen LogP contribution in [0.3, 0.4) is 0 Å². The van der Waals surface area contributed by atoms with Crippen LogP contribution in [0.4, 0.5) is 5.82 Å². The molecule has 0 amide bonds. The van der Waals surface area contributed by atoms with E-state index in [-0.39, 0.29) is 0 Å². The van der Waals surface area contributed by atoms with E-state index >= 15 is 0 Å². The highest BCUT2D eigenvalue weighted by atomic mass is 32.2. The van der Waals surface area contributed by atoms with Gasteiger partial charge in [0.15, 0.2) is 0 Å². The SMILES string of the molecule is CNc1cnc(CSc2nnnn2C2CCCC2)cn1. The number of tetrazole rings is 1. The zero-order valence-corrected chi connectivity index (χ0v) is 12.2. The molecule has 2 heterocycles. The van der Waals surface area contributed by atoms with Gasteiger partial charge >= 0.3 is 0 Å². The Kier molecular flexibility index (Phi) is 4.10. The average Bonchev–Trinajstić information content (AvgIpc) is 3.16. The lowest BCUT2D eigenvalue weighted by atomic mass is 10.3. The van der Waals surface area contributed by atoms with E-state index < -0.39 is 0 Å². The minimum Gasteiger partial charge on any atom is -0.372 e. The van der Waals surface area contributed by atoms with Crippen LogP contribution in [0.2, 0.25) is 0 Å². The first-order chi connectivity index (χ1) is 9.86. The summed E-state index contributed by atoms with van der Waals surface area (Å²) >= 11 is 1.61. The molecule has 106 valence electrons. The molecule has 0 aromatic carbocycles. The van der Waals surface area contributed by atoms with E-state index in [4.69, 9.17) is 0 Å². The van der Waals surface area contributed by atoms with Gasteiger partial charge in [0.2, 0.25) is 5.16 Å². The molecule has 1 N–H and O–H groups in total. The van der Waals surface area contributed by atoms with Gasteiger partial charge in [-0.2, -0.15) is 0 Å². The van der Waals surface area contributed by atoms with Crippen molar-refractivity contribution in [2.45, 2.75) is 42.6 Å². The molecule has 2 aromatic heterocycles. The van der Waals surface area contributed by atoms with Crippen LogP contribution < -0.4 is 5.32 Å². The minimum absolute atomic E-state index is 0.463. The topological polar surface area (TPSA) is 81.4 Å². The number of nitrogens with zero attached hydrogens (tertiary/aromatic N) is 6. The van der Waals surface area contributed by atoms with E-state index in [9.17, 15) is 0 Å². The first kappa shape index (κ1) is 13.3. The van der Waals surface area contributed by atoms with E-state index in [1.54, 1.807) is 24.2 Å². The van der Waals surface area contributed by atoms with E-state index in [0.717, 1.165) is 22.4 Å². The van der Waals surface area contributed by atoms with Gasteiger partial charge in [-0.25, -0.2) is 9.67 Å². The van der Waals surface area contributed by atoms with Crippen molar-refractivity contribution >= 4 is 17.6 Å². The van der Waals surface area contributed by atoms with Gasteiger partial charge in [-0.3, -0.25) is 4.98 Å². The Labute approximate surface area is 121 Å². The molecule has 1 saturated carbocycles. The molecule has 0 aliphatic heterocycles. The smallest absolute Gasteiger partial charge is 0.209 e. The Morgan fingerprint density at radius 3 is 2.85 bits per heavy atom. The fourth-order valence-corrected chi connectivity index (χ4v) is 3.19. The van der Waals surface area contributed by atoms with E-state index in [0.29, 0.717) is 6.04 Å². The van der Waals surface area contributed by atoms with Crippen molar-refractivity contribution in [3.8, 4) is 0 Å². The molecule has 1 aliphatic rings. The lowest BCUT2D eigenvalue weighted by Gasteiger charge is -2.10. The van der Waals surface area contributed by atoms with E-state index in [1.165, 1.54) is 25.7 Å².